The summed E-state index contributed by atoms with van der Waals surface area (Å²) in [6.07, 6.45) is 6.69. The molecule has 0 saturated heterocycles. The third-order valence-electron chi connectivity index (χ3n) is 4.36. The Morgan fingerprint density at radius 2 is 2.04 bits per heavy atom. The maximum atomic E-state index is 12.7. The second-order valence-corrected chi connectivity index (χ2v) is 6.18. The first-order valence-electron chi connectivity index (χ1n) is 9.01. The third-order valence-corrected chi connectivity index (χ3v) is 4.36. The van der Waals surface area contributed by atoms with Gasteiger partial charge >= 0.3 is 0 Å². The molecule has 0 aliphatic rings. The van der Waals surface area contributed by atoms with Crippen molar-refractivity contribution in [2.24, 2.45) is 0 Å². The highest BCUT2D eigenvalue weighted by molar-refractivity contribution is 5.90. The van der Waals surface area contributed by atoms with Crippen LogP contribution in [0.5, 0.6) is 11.5 Å². The average Bonchev–Trinajstić information content (AvgIpc) is 2.61. The van der Waals surface area contributed by atoms with Crippen LogP contribution in [-0.4, -0.2) is 9.67 Å². The number of benzene rings is 1. The van der Waals surface area contributed by atoms with Crippen LogP contribution in [0.3, 0.4) is 0 Å². The number of hydrogen-bond acceptors (Lipinski definition) is 4. The lowest BCUT2D eigenvalue weighted by Gasteiger charge is -2.17. The van der Waals surface area contributed by atoms with Gasteiger partial charge in [-0.2, -0.15) is 0 Å². The number of aromatic hydroxyl groups is 1. The molecule has 0 unspecified atom stereocenters. The van der Waals surface area contributed by atoms with Gasteiger partial charge < -0.3 is 20.1 Å². The molecule has 0 aliphatic heterocycles. The van der Waals surface area contributed by atoms with Crippen molar-refractivity contribution in [1.29, 1.82) is 0 Å². The zero-order valence-electron chi connectivity index (χ0n) is 15.3. The Bertz CT molecular complexity index is 822. The van der Waals surface area contributed by atoms with Crippen LogP contribution in [0.1, 0.15) is 52.9 Å². The van der Waals surface area contributed by atoms with Crippen LogP contribution in [0.25, 0.3) is 10.9 Å². The number of anilines is 1. The van der Waals surface area contributed by atoms with E-state index in [0.717, 1.165) is 25.7 Å². The summed E-state index contributed by atoms with van der Waals surface area (Å²) in [5.74, 6) is 0.564. The summed E-state index contributed by atoms with van der Waals surface area (Å²) < 4.78 is 7.43. The Morgan fingerprint density at radius 1 is 1.28 bits per heavy atom. The molecule has 0 radical (unpaired) electrons. The van der Waals surface area contributed by atoms with E-state index >= 15 is 0 Å². The first-order chi connectivity index (χ1) is 12.0. The predicted octanol–water partition coefficient (Wildman–Crippen LogP) is 4.56. The van der Waals surface area contributed by atoms with E-state index in [1.165, 1.54) is 0 Å². The smallest absolute Gasteiger partial charge is 0.297 e. The van der Waals surface area contributed by atoms with Crippen molar-refractivity contribution in [1.82, 2.24) is 4.57 Å². The second-order valence-electron chi connectivity index (χ2n) is 6.18. The molecule has 25 heavy (non-hydrogen) atoms. The number of aryl methyl sites for hydroxylation is 1. The molecule has 2 aromatic rings. The van der Waals surface area contributed by atoms with Crippen molar-refractivity contribution in [3.05, 3.63) is 40.4 Å². The van der Waals surface area contributed by atoms with Gasteiger partial charge in [0.15, 0.2) is 5.75 Å². The van der Waals surface area contributed by atoms with Gasteiger partial charge in [-0.05, 0) is 37.6 Å². The Hall–Kier alpha value is -2.43. The minimum absolute atomic E-state index is 0.208. The third kappa shape index (κ3) is 4.16. The van der Waals surface area contributed by atoms with E-state index in [9.17, 15) is 9.90 Å². The molecular formula is C20H28N2O3. The molecule has 0 fully saturated rings. The number of aromatic nitrogens is 1. The summed E-state index contributed by atoms with van der Waals surface area (Å²) in [4.78, 5) is 12.7. The molecule has 5 heteroatoms. The van der Waals surface area contributed by atoms with Crippen LogP contribution >= 0.6 is 0 Å². The number of rotatable bonds is 8. The van der Waals surface area contributed by atoms with Gasteiger partial charge in [0, 0.05) is 24.0 Å². The van der Waals surface area contributed by atoms with E-state index in [1.807, 2.05) is 19.9 Å². The SMILES string of the molecule is CC=C(CC)Oc1c(O)c(=O)n(CCCCCC)c2cc(N)ccc12. The normalized spacial score (nSPS) is 11.9. The number of hydrogen-bond donors (Lipinski definition) is 2. The molecule has 1 heterocycles. The van der Waals surface area contributed by atoms with Crippen molar-refractivity contribution >= 4 is 16.6 Å². The number of fused-ring (bicyclic) bond motifs is 1. The number of pyridine rings is 1. The van der Waals surface area contributed by atoms with Crippen molar-refractivity contribution in [2.75, 3.05) is 5.73 Å². The first-order valence-corrected chi connectivity index (χ1v) is 9.01. The Balaban J connectivity index is 2.57. The predicted molar refractivity (Wildman–Crippen MR) is 103 cm³/mol. The maximum absolute atomic E-state index is 12.7. The zero-order valence-corrected chi connectivity index (χ0v) is 15.3. The summed E-state index contributed by atoms with van der Waals surface area (Å²) in [5.41, 5.74) is 6.77. The fourth-order valence-electron chi connectivity index (χ4n) is 2.91. The lowest BCUT2D eigenvalue weighted by molar-refractivity contribution is 0.368. The highest BCUT2D eigenvalue weighted by Gasteiger charge is 2.18. The summed E-state index contributed by atoms with van der Waals surface area (Å²) in [6.45, 7) is 6.52. The van der Waals surface area contributed by atoms with Gasteiger partial charge in [-0.25, -0.2) is 0 Å². The molecule has 136 valence electrons. The lowest BCUT2D eigenvalue weighted by Crippen LogP contribution is -2.21. The average molecular weight is 344 g/mol. The van der Waals surface area contributed by atoms with Gasteiger partial charge in [0.05, 0.1) is 11.3 Å². The number of ether oxygens (including phenoxy) is 1. The minimum Gasteiger partial charge on any atom is -0.500 e. The van der Waals surface area contributed by atoms with Gasteiger partial charge in [-0.15, -0.1) is 0 Å². The van der Waals surface area contributed by atoms with Crippen molar-refractivity contribution in [2.45, 2.75) is 59.4 Å². The Morgan fingerprint density at radius 3 is 2.68 bits per heavy atom. The largest absolute Gasteiger partial charge is 0.500 e. The number of unbranched alkanes of at least 4 members (excludes halogenated alkanes) is 3. The topological polar surface area (TPSA) is 77.5 Å². The molecule has 2 rings (SSSR count). The van der Waals surface area contributed by atoms with E-state index in [2.05, 4.69) is 6.92 Å². The molecule has 0 bridgehead atoms. The van der Waals surface area contributed by atoms with Gasteiger partial charge in [-0.3, -0.25) is 4.79 Å². The number of nitrogens with zero attached hydrogens (tertiary/aromatic N) is 1. The van der Waals surface area contributed by atoms with Gasteiger partial charge in [-0.1, -0.05) is 33.1 Å². The molecule has 1 aromatic heterocycles. The molecular weight excluding hydrogens is 316 g/mol. The van der Waals surface area contributed by atoms with Crippen molar-refractivity contribution < 1.29 is 9.84 Å². The van der Waals surface area contributed by atoms with E-state index in [1.54, 1.807) is 22.8 Å². The van der Waals surface area contributed by atoms with Crippen LogP contribution in [0.15, 0.2) is 34.8 Å². The van der Waals surface area contributed by atoms with E-state index < -0.39 is 5.56 Å². The standard InChI is InChI=1S/C20H28N2O3/c1-4-7-8-9-12-22-17-13-14(21)10-11-16(17)19(18(23)20(22)24)25-15(5-2)6-3/h5,10-11,13,23H,4,6-9,12,21H2,1-3H3. The van der Waals surface area contributed by atoms with Gasteiger partial charge in [0.25, 0.3) is 5.56 Å². The fourth-order valence-corrected chi connectivity index (χ4v) is 2.91. The molecule has 0 aliphatic carbocycles. The molecule has 0 saturated carbocycles. The summed E-state index contributed by atoms with van der Waals surface area (Å²) in [7, 11) is 0. The molecule has 5 nitrogen and oxygen atoms in total. The van der Waals surface area contributed by atoms with Gasteiger partial charge in [0.2, 0.25) is 5.75 Å². The van der Waals surface area contributed by atoms with Crippen LogP contribution in [0, 0.1) is 0 Å². The van der Waals surface area contributed by atoms with E-state index in [-0.39, 0.29) is 11.5 Å². The van der Waals surface area contributed by atoms with Crippen LogP contribution < -0.4 is 16.0 Å². The Labute approximate surface area is 148 Å². The Kier molecular flexibility index (Phi) is 6.51. The molecule has 0 spiro atoms. The van der Waals surface area contributed by atoms with E-state index in [4.69, 9.17) is 10.5 Å². The monoisotopic (exact) mass is 344 g/mol. The summed E-state index contributed by atoms with van der Waals surface area (Å²) in [6, 6.07) is 5.32. The quantitative estimate of drug-likeness (QED) is 0.418. The fraction of sp³-hybridized carbons (Fsp3) is 0.450. The maximum Gasteiger partial charge on any atom is 0.297 e. The highest BCUT2D eigenvalue weighted by atomic mass is 16.5. The number of nitrogen functional groups attached to an aromatic ring is 1. The van der Waals surface area contributed by atoms with Crippen LogP contribution in [-0.2, 0) is 6.54 Å². The van der Waals surface area contributed by atoms with Crippen molar-refractivity contribution in [3.8, 4) is 11.5 Å². The van der Waals surface area contributed by atoms with Gasteiger partial charge in [0.1, 0.15) is 0 Å². The lowest BCUT2D eigenvalue weighted by atomic mass is 10.1. The summed E-state index contributed by atoms with van der Waals surface area (Å²) >= 11 is 0. The molecule has 0 amide bonds. The molecule has 0 atom stereocenters. The number of nitrogens with two attached hydrogens (primary N) is 1. The highest BCUT2D eigenvalue weighted by Crippen LogP contribution is 2.34. The second kappa shape index (κ2) is 8.60. The molecule has 3 N–H and O–H groups in total. The molecule has 1 aromatic carbocycles. The number of allylic oxidation sites excluding steroid dienone is 2. The minimum atomic E-state index is -0.434. The first kappa shape index (κ1) is 18.9. The van der Waals surface area contributed by atoms with Crippen LogP contribution in [0.4, 0.5) is 5.69 Å². The van der Waals surface area contributed by atoms with Crippen LogP contribution in [0.2, 0.25) is 0 Å². The van der Waals surface area contributed by atoms with Crippen molar-refractivity contribution in [3.63, 3.8) is 0 Å². The van der Waals surface area contributed by atoms with E-state index in [0.29, 0.717) is 35.3 Å². The zero-order chi connectivity index (χ0) is 18.4. The summed E-state index contributed by atoms with van der Waals surface area (Å²) in [5, 5.41) is 11.2.